The molecule has 0 bridgehead atoms. The molecule has 7 nitrogen and oxygen atoms in total. The molecule has 4 rings (SSSR count). The van der Waals surface area contributed by atoms with Crippen LogP contribution in [-0.2, 0) is 23.1 Å². The highest BCUT2D eigenvalue weighted by Crippen LogP contribution is 2.27. The van der Waals surface area contributed by atoms with Gasteiger partial charge in [-0.1, -0.05) is 13.3 Å². The van der Waals surface area contributed by atoms with Gasteiger partial charge in [-0.25, -0.2) is 13.4 Å². The van der Waals surface area contributed by atoms with Crippen molar-refractivity contribution in [1.29, 1.82) is 0 Å². The Hall–Kier alpha value is -2.74. The first-order valence-electron chi connectivity index (χ1n) is 9.88. The number of anilines is 2. The van der Waals surface area contributed by atoms with E-state index in [9.17, 15) is 8.42 Å². The minimum absolute atomic E-state index is 0.533. The second-order valence-electron chi connectivity index (χ2n) is 7.37. The summed E-state index contributed by atoms with van der Waals surface area (Å²) in [5.74, 6) is 1.88. The van der Waals surface area contributed by atoms with Crippen LogP contribution in [0.15, 0.2) is 42.5 Å². The summed E-state index contributed by atoms with van der Waals surface area (Å²) in [5, 5.41) is 0. The number of nitrogens with one attached hydrogen (secondary N) is 1. The van der Waals surface area contributed by atoms with Crippen molar-refractivity contribution in [3.8, 4) is 5.75 Å². The molecule has 0 unspecified atom stereocenters. The molecule has 1 aliphatic rings. The number of nitrogens with zero attached hydrogens (tertiary/aromatic N) is 3. The molecular formula is C21H26N4O3S. The number of aromatic nitrogens is 2. The molecular weight excluding hydrogens is 388 g/mol. The average molecular weight is 415 g/mol. The van der Waals surface area contributed by atoms with Gasteiger partial charge in [0.2, 0.25) is 10.0 Å². The molecule has 0 fully saturated rings. The van der Waals surface area contributed by atoms with E-state index < -0.39 is 10.0 Å². The summed E-state index contributed by atoms with van der Waals surface area (Å²) in [6, 6.07) is 13.7. The van der Waals surface area contributed by atoms with Crippen LogP contribution in [-0.4, -0.2) is 37.4 Å². The van der Waals surface area contributed by atoms with Crippen molar-refractivity contribution in [2.24, 2.45) is 0 Å². The van der Waals surface area contributed by atoms with E-state index in [1.165, 1.54) is 0 Å². The molecule has 8 heteroatoms. The van der Waals surface area contributed by atoms with Gasteiger partial charge in [-0.3, -0.25) is 4.72 Å². The topological polar surface area (TPSA) is 76.5 Å². The zero-order valence-corrected chi connectivity index (χ0v) is 17.6. The minimum atomic E-state index is -3.31. The van der Waals surface area contributed by atoms with E-state index in [4.69, 9.17) is 9.72 Å². The Bertz CT molecular complexity index is 1110. The lowest BCUT2D eigenvalue weighted by atomic mass is 10.2. The van der Waals surface area contributed by atoms with Crippen LogP contribution in [0, 0.1) is 0 Å². The second-order valence-corrected chi connectivity index (χ2v) is 9.12. The zero-order valence-electron chi connectivity index (χ0n) is 16.8. The zero-order chi connectivity index (χ0) is 20.4. The van der Waals surface area contributed by atoms with Gasteiger partial charge in [-0.15, -0.1) is 0 Å². The van der Waals surface area contributed by atoms with Crippen LogP contribution in [0.2, 0.25) is 0 Å². The monoisotopic (exact) mass is 414 g/mol. The van der Waals surface area contributed by atoms with E-state index in [1.807, 2.05) is 18.2 Å². The summed E-state index contributed by atoms with van der Waals surface area (Å²) in [7, 11) is -3.31. The Balaban J connectivity index is 1.51. The maximum absolute atomic E-state index is 11.5. The van der Waals surface area contributed by atoms with Crippen molar-refractivity contribution in [1.82, 2.24) is 9.55 Å². The first-order valence-corrected chi connectivity index (χ1v) is 11.8. The fourth-order valence-corrected chi connectivity index (χ4v) is 4.16. The van der Waals surface area contributed by atoms with Crippen LogP contribution in [0.25, 0.3) is 11.0 Å². The van der Waals surface area contributed by atoms with E-state index >= 15 is 0 Å². The molecule has 154 valence electrons. The third kappa shape index (κ3) is 4.48. The number of unbranched alkanes of at least 4 members (excludes halogenated alkanes) is 1. The molecule has 0 saturated carbocycles. The van der Waals surface area contributed by atoms with Gasteiger partial charge in [0.25, 0.3) is 0 Å². The van der Waals surface area contributed by atoms with Gasteiger partial charge < -0.3 is 14.2 Å². The Morgan fingerprint density at radius 1 is 1.14 bits per heavy atom. The summed E-state index contributed by atoms with van der Waals surface area (Å²) in [5.41, 5.74) is 3.50. The Kier molecular flexibility index (Phi) is 5.36. The Labute approximate surface area is 171 Å². The molecule has 29 heavy (non-hydrogen) atoms. The summed E-state index contributed by atoms with van der Waals surface area (Å²) >= 11 is 0. The summed E-state index contributed by atoms with van der Waals surface area (Å²) in [4.78, 5) is 7.05. The highest BCUT2D eigenvalue weighted by atomic mass is 32.2. The number of sulfonamides is 1. The van der Waals surface area contributed by atoms with Crippen LogP contribution < -0.4 is 14.4 Å². The van der Waals surface area contributed by atoms with Crippen molar-refractivity contribution in [2.75, 3.05) is 29.0 Å². The van der Waals surface area contributed by atoms with E-state index in [0.29, 0.717) is 12.2 Å². The first-order chi connectivity index (χ1) is 13.9. The van der Waals surface area contributed by atoms with Gasteiger partial charge in [0, 0.05) is 18.8 Å². The molecule has 3 aromatic rings. The molecule has 0 amide bonds. The predicted molar refractivity (Wildman–Crippen MR) is 116 cm³/mol. The third-order valence-electron chi connectivity index (χ3n) is 5.02. The molecule has 1 N–H and O–H groups in total. The molecule has 0 radical (unpaired) electrons. The number of benzene rings is 2. The molecule has 2 heterocycles. The van der Waals surface area contributed by atoms with Gasteiger partial charge in [-0.2, -0.15) is 0 Å². The highest BCUT2D eigenvalue weighted by Gasteiger charge is 2.20. The summed E-state index contributed by atoms with van der Waals surface area (Å²) in [6.07, 6.45) is 3.33. The quantitative estimate of drug-likeness (QED) is 0.598. The van der Waals surface area contributed by atoms with Crippen LogP contribution in [0.3, 0.4) is 0 Å². The number of rotatable bonds is 7. The van der Waals surface area contributed by atoms with E-state index in [-0.39, 0.29) is 0 Å². The SMILES string of the molecule is CCCCOc1ccc(N2CCn3c(nc4cc(NS(C)(=O)=O)ccc43)C2)cc1. The number of imidazole rings is 1. The predicted octanol–water partition coefficient (Wildman–Crippen LogP) is 3.61. The van der Waals surface area contributed by atoms with E-state index in [0.717, 1.165) is 67.1 Å². The van der Waals surface area contributed by atoms with E-state index in [2.05, 4.69) is 33.2 Å². The third-order valence-corrected chi connectivity index (χ3v) is 5.63. The van der Waals surface area contributed by atoms with Crippen LogP contribution in [0.5, 0.6) is 5.75 Å². The fraction of sp³-hybridized carbons (Fsp3) is 0.381. The van der Waals surface area contributed by atoms with Gasteiger partial charge in [0.15, 0.2) is 0 Å². The summed E-state index contributed by atoms with van der Waals surface area (Å²) in [6.45, 7) is 5.33. The fourth-order valence-electron chi connectivity index (χ4n) is 3.61. The molecule has 0 atom stereocenters. The van der Waals surface area contributed by atoms with Crippen molar-refractivity contribution < 1.29 is 13.2 Å². The largest absolute Gasteiger partial charge is 0.494 e. The molecule has 0 spiro atoms. The van der Waals surface area contributed by atoms with Gasteiger partial charge in [-0.05, 0) is 48.9 Å². The molecule has 0 saturated heterocycles. The standard InChI is InChI=1S/C21H26N4O3S/c1-3-4-13-28-18-8-6-17(7-9-18)24-11-12-25-20-10-5-16(23-29(2,26)27)14-19(20)22-21(25)15-24/h5-10,14,23H,3-4,11-13,15H2,1-2H3. The number of hydrogen-bond acceptors (Lipinski definition) is 5. The molecule has 0 aliphatic carbocycles. The lowest BCUT2D eigenvalue weighted by molar-refractivity contribution is 0.309. The van der Waals surface area contributed by atoms with Crippen LogP contribution >= 0.6 is 0 Å². The number of ether oxygens (including phenoxy) is 1. The van der Waals surface area contributed by atoms with Crippen molar-refractivity contribution in [3.63, 3.8) is 0 Å². The minimum Gasteiger partial charge on any atom is -0.494 e. The lowest BCUT2D eigenvalue weighted by Crippen LogP contribution is -2.33. The molecule has 1 aliphatic heterocycles. The van der Waals surface area contributed by atoms with Crippen LogP contribution in [0.4, 0.5) is 11.4 Å². The van der Waals surface area contributed by atoms with Crippen molar-refractivity contribution in [2.45, 2.75) is 32.9 Å². The lowest BCUT2D eigenvalue weighted by Gasteiger charge is -2.30. The normalized spacial score (nSPS) is 14.1. The highest BCUT2D eigenvalue weighted by molar-refractivity contribution is 7.92. The summed E-state index contributed by atoms with van der Waals surface area (Å²) < 4.78 is 33.4. The smallest absolute Gasteiger partial charge is 0.229 e. The van der Waals surface area contributed by atoms with Crippen molar-refractivity contribution in [3.05, 3.63) is 48.3 Å². The first kappa shape index (κ1) is 19.6. The van der Waals surface area contributed by atoms with Crippen molar-refractivity contribution >= 4 is 32.4 Å². The van der Waals surface area contributed by atoms with Gasteiger partial charge >= 0.3 is 0 Å². The van der Waals surface area contributed by atoms with E-state index in [1.54, 1.807) is 12.1 Å². The second kappa shape index (κ2) is 7.94. The molecule has 1 aromatic heterocycles. The number of hydrogen-bond donors (Lipinski definition) is 1. The average Bonchev–Trinajstić information content (AvgIpc) is 3.04. The maximum Gasteiger partial charge on any atom is 0.229 e. The Morgan fingerprint density at radius 3 is 2.66 bits per heavy atom. The molecule has 2 aromatic carbocycles. The Morgan fingerprint density at radius 2 is 1.93 bits per heavy atom. The van der Waals surface area contributed by atoms with Gasteiger partial charge in [0.05, 0.1) is 36.1 Å². The number of fused-ring (bicyclic) bond motifs is 3. The van der Waals surface area contributed by atoms with Gasteiger partial charge in [0.1, 0.15) is 11.6 Å². The maximum atomic E-state index is 11.5. The van der Waals surface area contributed by atoms with Crippen LogP contribution in [0.1, 0.15) is 25.6 Å².